The summed E-state index contributed by atoms with van der Waals surface area (Å²) in [6.45, 7) is -0.727. The van der Waals surface area contributed by atoms with Crippen LogP contribution in [-0.4, -0.2) is 33.7 Å². The molecule has 0 saturated heterocycles. The number of ether oxygens (including phenoxy) is 2. The highest BCUT2D eigenvalue weighted by Crippen LogP contribution is 1.95. The van der Waals surface area contributed by atoms with Gasteiger partial charge in [0, 0.05) is 0 Å². The van der Waals surface area contributed by atoms with Gasteiger partial charge in [0.25, 0.3) is 0 Å². The van der Waals surface area contributed by atoms with E-state index in [0.717, 1.165) is 0 Å². The van der Waals surface area contributed by atoms with Crippen molar-refractivity contribution in [3.63, 3.8) is 0 Å². The van der Waals surface area contributed by atoms with E-state index >= 15 is 0 Å². The summed E-state index contributed by atoms with van der Waals surface area (Å²) in [5.74, 6) is 2.97. The summed E-state index contributed by atoms with van der Waals surface area (Å²) < 4.78 is 34.4. The first-order chi connectivity index (χ1) is 7.02. The van der Waals surface area contributed by atoms with E-state index in [1.807, 2.05) is 11.8 Å². The van der Waals surface area contributed by atoms with E-state index in [1.165, 1.54) is 0 Å². The molecule has 0 aromatic carbocycles. The van der Waals surface area contributed by atoms with Crippen molar-refractivity contribution in [2.24, 2.45) is 0 Å². The van der Waals surface area contributed by atoms with Crippen molar-refractivity contribution < 1.29 is 26.9 Å². The third kappa shape index (κ3) is 7.38. The molecular weight excluding hydrogens is 224 g/mol. The molecule has 0 radical (unpaired) electrons. The summed E-state index contributed by atoms with van der Waals surface area (Å²) in [6.07, 6.45) is 8.35. The molecule has 0 aliphatic rings. The van der Waals surface area contributed by atoms with Crippen LogP contribution < -0.4 is 0 Å². The zero-order chi connectivity index (χ0) is 11.7. The third-order valence-electron chi connectivity index (χ3n) is 0.916. The van der Waals surface area contributed by atoms with Crippen molar-refractivity contribution in [1.82, 2.24) is 0 Å². The van der Waals surface area contributed by atoms with Crippen molar-refractivity contribution in [3.8, 4) is 24.7 Å². The summed E-state index contributed by atoms with van der Waals surface area (Å²) in [5.41, 5.74) is 0. The smallest absolute Gasteiger partial charge is 0.421 e. The Bertz CT molecular complexity index is 382. The van der Waals surface area contributed by atoms with Crippen LogP contribution in [0.25, 0.3) is 0 Å². The fourth-order valence-electron chi connectivity index (χ4n) is 0.420. The van der Waals surface area contributed by atoms with Crippen molar-refractivity contribution in [2.75, 3.05) is 19.2 Å². The average Bonchev–Trinajstić information content (AvgIpc) is 2.21. The van der Waals surface area contributed by atoms with Gasteiger partial charge in [0.1, 0.15) is 6.61 Å². The van der Waals surface area contributed by atoms with Crippen LogP contribution in [0.1, 0.15) is 0 Å². The molecule has 0 rings (SSSR count). The maximum atomic E-state index is 10.9. The molecule has 0 bridgehead atoms. The minimum Gasteiger partial charge on any atom is -0.421 e. The van der Waals surface area contributed by atoms with Crippen LogP contribution in [0.15, 0.2) is 0 Å². The Morgan fingerprint density at radius 3 is 2.27 bits per heavy atom. The molecule has 0 N–H and O–H groups in total. The SMILES string of the molecule is C#CCOC(=O)OCS(=O)(=O)OCC#C. The summed E-state index contributed by atoms with van der Waals surface area (Å²) in [6, 6.07) is 0. The van der Waals surface area contributed by atoms with Crippen LogP contribution in [0.3, 0.4) is 0 Å². The van der Waals surface area contributed by atoms with E-state index in [1.54, 1.807) is 0 Å². The van der Waals surface area contributed by atoms with Gasteiger partial charge in [0.2, 0.25) is 5.94 Å². The van der Waals surface area contributed by atoms with Gasteiger partial charge in [-0.25, -0.2) is 4.79 Å². The zero-order valence-electron chi connectivity index (χ0n) is 7.63. The minimum atomic E-state index is -3.98. The van der Waals surface area contributed by atoms with Crippen molar-refractivity contribution in [3.05, 3.63) is 0 Å². The Hall–Kier alpha value is -1.70. The molecule has 0 aromatic rings. The number of rotatable bonds is 5. The van der Waals surface area contributed by atoms with Crippen LogP contribution in [0.5, 0.6) is 0 Å². The number of carbonyl (C=O) groups excluding carboxylic acids is 1. The Kier molecular flexibility index (Phi) is 5.95. The van der Waals surface area contributed by atoms with E-state index in [2.05, 4.69) is 13.7 Å². The Balaban J connectivity index is 3.90. The van der Waals surface area contributed by atoms with E-state index in [0.29, 0.717) is 0 Å². The lowest BCUT2D eigenvalue weighted by molar-refractivity contribution is 0.0754. The quantitative estimate of drug-likeness (QED) is 0.368. The highest BCUT2D eigenvalue weighted by molar-refractivity contribution is 7.86. The molecule has 15 heavy (non-hydrogen) atoms. The summed E-state index contributed by atoms with van der Waals surface area (Å²) in [5, 5.41) is 0. The standard InChI is InChI=1S/C8H8O6S/c1-3-5-12-8(9)13-7-15(10,11)14-6-4-2/h1-2H,5-7H2. The third-order valence-corrected chi connectivity index (χ3v) is 1.80. The Morgan fingerprint density at radius 1 is 1.13 bits per heavy atom. The monoisotopic (exact) mass is 232 g/mol. The van der Waals surface area contributed by atoms with Gasteiger partial charge in [0.15, 0.2) is 6.61 Å². The lowest BCUT2D eigenvalue weighted by Gasteiger charge is -2.04. The first-order valence-corrected chi connectivity index (χ1v) is 5.13. The van der Waals surface area contributed by atoms with E-state index in [4.69, 9.17) is 12.8 Å². The van der Waals surface area contributed by atoms with Gasteiger partial charge in [-0.2, -0.15) is 8.42 Å². The molecule has 0 amide bonds. The normalized spacial score (nSPS) is 9.73. The predicted octanol–water partition coefficient (Wildman–Crippen LogP) is -0.290. The summed E-state index contributed by atoms with van der Waals surface area (Å²) in [7, 11) is -3.98. The Labute approximate surface area is 87.6 Å². The molecule has 0 aliphatic heterocycles. The molecular formula is C8H8O6S. The number of hydrogen-bond acceptors (Lipinski definition) is 6. The lowest BCUT2D eigenvalue weighted by Crippen LogP contribution is -2.17. The van der Waals surface area contributed by atoms with Gasteiger partial charge >= 0.3 is 16.3 Å². The fourth-order valence-corrected chi connectivity index (χ4v) is 0.977. The van der Waals surface area contributed by atoms with Gasteiger partial charge in [-0.15, -0.1) is 12.8 Å². The molecule has 0 aliphatic carbocycles. The summed E-state index contributed by atoms with van der Waals surface area (Å²) >= 11 is 0. The molecule has 0 saturated carbocycles. The second-order valence-electron chi connectivity index (χ2n) is 2.03. The van der Waals surface area contributed by atoms with Crippen LogP contribution >= 0.6 is 0 Å². The van der Waals surface area contributed by atoms with Crippen LogP contribution in [0, 0.1) is 24.7 Å². The zero-order valence-corrected chi connectivity index (χ0v) is 8.45. The largest absolute Gasteiger partial charge is 0.510 e. The van der Waals surface area contributed by atoms with Gasteiger partial charge < -0.3 is 9.47 Å². The first kappa shape index (κ1) is 13.3. The van der Waals surface area contributed by atoms with E-state index in [-0.39, 0.29) is 6.61 Å². The molecule has 6 nitrogen and oxygen atoms in total. The predicted molar refractivity (Wildman–Crippen MR) is 49.8 cm³/mol. The van der Waals surface area contributed by atoms with E-state index in [9.17, 15) is 13.2 Å². The van der Waals surface area contributed by atoms with Crippen molar-refractivity contribution in [2.45, 2.75) is 0 Å². The van der Waals surface area contributed by atoms with Gasteiger partial charge in [0.05, 0.1) is 0 Å². The second kappa shape index (κ2) is 6.71. The van der Waals surface area contributed by atoms with Gasteiger partial charge in [-0.05, 0) is 0 Å². The van der Waals surface area contributed by atoms with Crippen LogP contribution in [0.2, 0.25) is 0 Å². The number of carbonyl (C=O) groups is 1. The molecule has 0 fully saturated rings. The highest BCUT2D eigenvalue weighted by atomic mass is 32.2. The minimum absolute atomic E-state index is 0.301. The molecule has 7 heteroatoms. The number of hydrogen-bond donors (Lipinski definition) is 0. The summed E-state index contributed by atoms with van der Waals surface area (Å²) in [4.78, 5) is 10.6. The number of terminal acetylenes is 2. The molecule has 0 atom stereocenters. The lowest BCUT2D eigenvalue weighted by atomic mass is 10.8. The fraction of sp³-hybridized carbons (Fsp3) is 0.375. The average molecular weight is 232 g/mol. The van der Waals surface area contributed by atoms with Crippen LogP contribution in [0.4, 0.5) is 4.79 Å². The maximum Gasteiger partial charge on any atom is 0.510 e. The first-order valence-electron chi connectivity index (χ1n) is 3.55. The molecule has 0 heterocycles. The Morgan fingerprint density at radius 2 is 1.73 bits per heavy atom. The topological polar surface area (TPSA) is 78.9 Å². The van der Waals surface area contributed by atoms with Crippen molar-refractivity contribution >= 4 is 16.3 Å². The molecule has 82 valence electrons. The molecule has 0 aromatic heterocycles. The van der Waals surface area contributed by atoms with Crippen molar-refractivity contribution in [1.29, 1.82) is 0 Å². The molecule has 0 unspecified atom stereocenters. The van der Waals surface area contributed by atoms with Gasteiger partial charge in [-0.1, -0.05) is 11.8 Å². The maximum absolute atomic E-state index is 10.9. The molecule has 0 spiro atoms. The highest BCUT2D eigenvalue weighted by Gasteiger charge is 2.14. The van der Waals surface area contributed by atoms with E-state index < -0.39 is 28.8 Å². The van der Waals surface area contributed by atoms with Gasteiger partial charge in [-0.3, -0.25) is 4.18 Å². The van der Waals surface area contributed by atoms with Crippen LogP contribution in [-0.2, 0) is 23.8 Å². The second-order valence-corrected chi connectivity index (χ2v) is 3.62.